The van der Waals surface area contributed by atoms with E-state index in [1.165, 1.54) is 11.3 Å². The van der Waals surface area contributed by atoms with Crippen molar-refractivity contribution in [3.05, 3.63) is 65.5 Å². The second-order valence-electron chi connectivity index (χ2n) is 5.98. The van der Waals surface area contributed by atoms with E-state index in [1.807, 2.05) is 55.4 Å². The van der Waals surface area contributed by atoms with E-state index in [0.29, 0.717) is 21.9 Å². The summed E-state index contributed by atoms with van der Waals surface area (Å²) in [6.45, 7) is 0. The Morgan fingerprint density at radius 3 is 2.46 bits per heavy atom. The van der Waals surface area contributed by atoms with E-state index in [4.69, 9.17) is 5.73 Å². The zero-order chi connectivity index (χ0) is 18.5. The topological polar surface area (TPSA) is 70.7 Å². The molecule has 1 heterocycles. The molecule has 0 aliphatic carbocycles. The molecule has 2 aromatic carbocycles. The molecule has 3 N–H and O–H groups in total. The third kappa shape index (κ3) is 4.29. The number of carbonyl (C=O) groups excluding carboxylic acids is 1. The Morgan fingerprint density at radius 2 is 1.81 bits per heavy atom. The first kappa shape index (κ1) is 17.7. The minimum absolute atomic E-state index is 0.187. The highest BCUT2D eigenvalue weighted by atomic mass is 32.1. The molecule has 6 heteroatoms. The van der Waals surface area contributed by atoms with Crippen LogP contribution >= 0.6 is 11.3 Å². The van der Waals surface area contributed by atoms with Gasteiger partial charge in [-0.2, -0.15) is 0 Å². The number of anilines is 2. The maximum Gasteiger partial charge on any atom is 0.267 e. The van der Waals surface area contributed by atoms with Crippen molar-refractivity contribution in [2.24, 2.45) is 4.99 Å². The van der Waals surface area contributed by atoms with Gasteiger partial charge in [0.15, 0.2) is 0 Å². The van der Waals surface area contributed by atoms with E-state index >= 15 is 0 Å². The lowest BCUT2D eigenvalue weighted by Crippen LogP contribution is -2.11. The fourth-order valence-electron chi connectivity index (χ4n) is 2.32. The van der Waals surface area contributed by atoms with Crippen LogP contribution < -0.4 is 11.1 Å². The number of nitrogen functional groups attached to an aromatic ring is 1. The van der Waals surface area contributed by atoms with Gasteiger partial charge in [0, 0.05) is 30.3 Å². The predicted octanol–water partition coefficient (Wildman–Crippen LogP) is 4.47. The zero-order valence-electron chi connectivity index (χ0n) is 14.6. The third-order valence-electron chi connectivity index (χ3n) is 3.57. The number of nitrogens with one attached hydrogen (secondary N) is 1. The van der Waals surface area contributed by atoms with Gasteiger partial charge in [-0.15, -0.1) is 11.3 Å². The molecule has 0 saturated carbocycles. The summed E-state index contributed by atoms with van der Waals surface area (Å²) in [5, 5.41) is 2.91. The summed E-state index contributed by atoms with van der Waals surface area (Å²) in [5.41, 5.74) is 8.75. The van der Waals surface area contributed by atoms with Gasteiger partial charge in [-0.3, -0.25) is 4.79 Å². The normalized spacial score (nSPS) is 10.8. The molecule has 0 radical (unpaired) electrons. The van der Waals surface area contributed by atoms with Gasteiger partial charge in [0.1, 0.15) is 4.88 Å². The van der Waals surface area contributed by atoms with Crippen LogP contribution in [0, 0.1) is 0 Å². The Kier molecular flexibility index (Phi) is 5.34. The fourth-order valence-corrected chi connectivity index (χ4v) is 3.32. The Balaban J connectivity index is 1.94. The number of aliphatic imine (C=N–C) groups is 1. The zero-order valence-corrected chi connectivity index (χ0v) is 15.5. The minimum atomic E-state index is -0.187. The molecule has 26 heavy (non-hydrogen) atoms. The van der Waals surface area contributed by atoms with Crippen LogP contribution in [-0.2, 0) is 0 Å². The first-order valence-electron chi connectivity index (χ1n) is 8.09. The number of amides is 1. The lowest BCUT2D eigenvalue weighted by Gasteiger charge is -2.05. The SMILES string of the molecule is CN(C)/C=N/c1cc(-c2ccccc2)sc1C(=O)Nc1ccc(N)cc1. The minimum Gasteiger partial charge on any atom is -0.399 e. The summed E-state index contributed by atoms with van der Waals surface area (Å²) in [6, 6.07) is 19.0. The number of carbonyl (C=O) groups is 1. The van der Waals surface area contributed by atoms with Crippen molar-refractivity contribution in [1.82, 2.24) is 4.90 Å². The van der Waals surface area contributed by atoms with Crippen LogP contribution in [0.2, 0.25) is 0 Å². The van der Waals surface area contributed by atoms with Gasteiger partial charge in [0.2, 0.25) is 0 Å². The van der Waals surface area contributed by atoms with Crippen LogP contribution in [0.15, 0.2) is 65.7 Å². The summed E-state index contributed by atoms with van der Waals surface area (Å²) in [7, 11) is 3.78. The van der Waals surface area contributed by atoms with E-state index in [1.54, 1.807) is 30.6 Å². The first-order chi connectivity index (χ1) is 12.5. The lowest BCUT2D eigenvalue weighted by atomic mass is 10.2. The molecule has 0 spiro atoms. The van der Waals surface area contributed by atoms with Crippen molar-refractivity contribution in [2.45, 2.75) is 0 Å². The number of hydrogen-bond acceptors (Lipinski definition) is 4. The second-order valence-corrected chi connectivity index (χ2v) is 7.03. The van der Waals surface area contributed by atoms with Gasteiger partial charge in [0.25, 0.3) is 5.91 Å². The van der Waals surface area contributed by atoms with Crippen LogP contribution in [-0.4, -0.2) is 31.2 Å². The van der Waals surface area contributed by atoms with E-state index in [2.05, 4.69) is 10.3 Å². The standard InChI is InChI=1S/C20H20N4OS/c1-24(2)13-22-17-12-18(14-6-4-3-5-7-14)26-19(17)20(25)23-16-10-8-15(21)9-11-16/h3-13H,21H2,1-2H3,(H,23,25)/b22-13+. The van der Waals surface area contributed by atoms with Crippen molar-refractivity contribution in [2.75, 3.05) is 25.1 Å². The Hall–Kier alpha value is -3.12. The second kappa shape index (κ2) is 7.84. The lowest BCUT2D eigenvalue weighted by molar-refractivity contribution is 0.103. The Labute approximate surface area is 156 Å². The van der Waals surface area contributed by atoms with Crippen molar-refractivity contribution in [1.29, 1.82) is 0 Å². The van der Waals surface area contributed by atoms with Crippen LogP contribution in [0.1, 0.15) is 9.67 Å². The predicted molar refractivity (Wildman–Crippen MR) is 110 cm³/mol. The molecule has 0 bridgehead atoms. The fraction of sp³-hybridized carbons (Fsp3) is 0.100. The molecule has 5 nitrogen and oxygen atoms in total. The average Bonchev–Trinajstić information content (AvgIpc) is 3.07. The number of nitrogens with two attached hydrogens (primary N) is 1. The largest absolute Gasteiger partial charge is 0.399 e. The van der Waals surface area contributed by atoms with E-state index in [0.717, 1.165) is 10.4 Å². The van der Waals surface area contributed by atoms with Gasteiger partial charge in [-0.25, -0.2) is 4.99 Å². The molecule has 0 unspecified atom stereocenters. The maximum absolute atomic E-state index is 12.8. The number of benzene rings is 2. The molecular formula is C20H20N4OS. The third-order valence-corrected chi connectivity index (χ3v) is 4.75. The van der Waals surface area contributed by atoms with E-state index < -0.39 is 0 Å². The quantitative estimate of drug-likeness (QED) is 0.399. The summed E-state index contributed by atoms with van der Waals surface area (Å²) in [6.07, 6.45) is 1.69. The Morgan fingerprint density at radius 1 is 1.12 bits per heavy atom. The molecule has 3 rings (SSSR count). The van der Waals surface area contributed by atoms with Crippen molar-refractivity contribution in [3.63, 3.8) is 0 Å². The van der Waals surface area contributed by atoms with Crippen molar-refractivity contribution in [3.8, 4) is 10.4 Å². The van der Waals surface area contributed by atoms with Gasteiger partial charge in [-0.1, -0.05) is 30.3 Å². The summed E-state index contributed by atoms with van der Waals surface area (Å²) in [5.74, 6) is -0.187. The van der Waals surface area contributed by atoms with Crippen molar-refractivity contribution < 1.29 is 4.79 Å². The molecule has 0 atom stereocenters. The first-order valence-corrected chi connectivity index (χ1v) is 8.91. The summed E-state index contributed by atoms with van der Waals surface area (Å²) >= 11 is 1.43. The van der Waals surface area contributed by atoms with Gasteiger partial charge in [-0.05, 0) is 35.9 Å². The van der Waals surface area contributed by atoms with Gasteiger partial charge >= 0.3 is 0 Å². The molecular weight excluding hydrogens is 344 g/mol. The summed E-state index contributed by atoms with van der Waals surface area (Å²) < 4.78 is 0. The smallest absolute Gasteiger partial charge is 0.267 e. The van der Waals surface area contributed by atoms with E-state index in [-0.39, 0.29) is 5.91 Å². The molecule has 0 aliphatic rings. The average molecular weight is 364 g/mol. The van der Waals surface area contributed by atoms with Crippen LogP contribution in [0.3, 0.4) is 0 Å². The highest BCUT2D eigenvalue weighted by Crippen LogP contribution is 2.36. The molecule has 132 valence electrons. The van der Waals surface area contributed by atoms with Gasteiger partial charge < -0.3 is 16.0 Å². The van der Waals surface area contributed by atoms with Crippen LogP contribution in [0.25, 0.3) is 10.4 Å². The van der Waals surface area contributed by atoms with Crippen LogP contribution in [0.4, 0.5) is 17.1 Å². The molecule has 0 aliphatic heterocycles. The Bertz CT molecular complexity index is 915. The number of rotatable bonds is 5. The van der Waals surface area contributed by atoms with Gasteiger partial charge in [0.05, 0.1) is 12.0 Å². The van der Waals surface area contributed by atoms with Crippen LogP contribution in [0.5, 0.6) is 0 Å². The van der Waals surface area contributed by atoms with E-state index in [9.17, 15) is 4.79 Å². The van der Waals surface area contributed by atoms with Crippen molar-refractivity contribution >= 4 is 40.6 Å². The molecule has 1 aromatic heterocycles. The number of thiophene rings is 1. The number of hydrogen-bond donors (Lipinski definition) is 2. The monoisotopic (exact) mass is 364 g/mol. The molecule has 0 saturated heterocycles. The molecule has 0 fully saturated rings. The number of nitrogens with zero attached hydrogens (tertiary/aromatic N) is 2. The summed E-state index contributed by atoms with van der Waals surface area (Å²) in [4.78, 5) is 20.7. The highest BCUT2D eigenvalue weighted by molar-refractivity contribution is 7.18. The molecule has 1 amide bonds. The maximum atomic E-state index is 12.8. The molecule has 3 aromatic rings. The highest BCUT2D eigenvalue weighted by Gasteiger charge is 2.17.